The van der Waals surface area contributed by atoms with Crippen LogP contribution in [-0.2, 0) is 35.2 Å². The minimum atomic E-state index is -1.15. The summed E-state index contributed by atoms with van der Waals surface area (Å²) in [7, 11) is 1.67. The molecule has 2 aliphatic carbocycles. The monoisotopic (exact) mass is 699 g/mol. The number of hydrogen-bond donors (Lipinski definition) is 6. The van der Waals surface area contributed by atoms with Gasteiger partial charge in [-0.15, -0.1) is 5.10 Å². The highest BCUT2D eigenvalue weighted by molar-refractivity contribution is 5.95. The molecule has 4 heterocycles. The second-order valence-electron chi connectivity index (χ2n) is 14.6. The standard InChI is InChI=1S/C34H53N9O7/c1-20(35-2)31(46)39-26(14-21-6-4-3-5-7-21)33(48)42-19-25-16-28(42)32(47)36-17-30(45)38-27(34(49)50)15-22-8-10-23(11-9-22)37-29(44)13-12-24-18-43(25)41-40-24/h18,20-23,25-28,35H,3-17,19H2,1-2H3,(H,36,47)(H,37,44)(H,38,45)(H,39,46)(H,49,50)/t20-,22?,23?,25-,26-,27-,28-/m0/s1. The summed E-state index contributed by atoms with van der Waals surface area (Å²) in [4.78, 5) is 80.5. The Kier molecular flexibility index (Phi) is 12.8. The number of rotatable bonds is 7. The third-order valence-corrected chi connectivity index (χ3v) is 11.0. The van der Waals surface area contributed by atoms with Crippen molar-refractivity contribution < 1.29 is 33.9 Å². The van der Waals surface area contributed by atoms with E-state index < -0.39 is 54.5 Å². The van der Waals surface area contributed by atoms with Gasteiger partial charge in [-0.05, 0) is 64.3 Å². The molecule has 1 saturated heterocycles. The fourth-order valence-corrected chi connectivity index (χ4v) is 7.88. The zero-order valence-corrected chi connectivity index (χ0v) is 29.2. The van der Waals surface area contributed by atoms with Crippen molar-refractivity contribution in [3.63, 3.8) is 0 Å². The highest BCUT2D eigenvalue weighted by atomic mass is 16.4. The normalized spacial score (nSPS) is 28.4. The maximum atomic E-state index is 14.4. The van der Waals surface area contributed by atoms with E-state index >= 15 is 0 Å². The van der Waals surface area contributed by atoms with E-state index in [4.69, 9.17) is 0 Å². The quantitative estimate of drug-likeness (QED) is 0.227. The van der Waals surface area contributed by atoms with Crippen molar-refractivity contribution in [1.29, 1.82) is 0 Å². The molecule has 0 spiro atoms. The van der Waals surface area contributed by atoms with E-state index in [1.807, 2.05) is 0 Å². The molecule has 0 radical (unpaired) electrons. The first-order valence-electron chi connectivity index (χ1n) is 18.3. The second-order valence-corrected chi connectivity index (χ2v) is 14.6. The number of carbonyl (C=O) groups is 6. The molecule has 1 aromatic rings. The molecule has 5 aliphatic rings. The molecule has 50 heavy (non-hydrogen) atoms. The number of aryl methyl sites for hydroxylation is 1. The molecule has 2 saturated carbocycles. The van der Waals surface area contributed by atoms with E-state index in [0.29, 0.717) is 18.5 Å². The SMILES string of the molecule is CN[C@@H](C)C(=O)N[C@@H](CC1CCCCC1)C(=O)N1C[C@@H]2C[C@H]1C(=O)NCC(=O)N[C@H](C(=O)O)CC1CCC(CC1)NC(=O)CCc1cn2nn1. The van der Waals surface area contributed by atoms with Gasteiger partial charge in [0.15, 0.2) is 0 Å². The lowest BCUT2D eigenvalue weighted by Crippen LogP contribution is -2.56. The lowest BCUT2D eigenvalue weighted by Gasteiger charge is -2.32. The fraction of sp³-hybridized carbons (Fsp3) is 0.765. The van der Waals surface area contributed by atoms with Crippen molar-refractivity contribution in [2.75, 3.05) is 20.1 Å². The van der Waals surface area contributed by atoms with Crippen LogP contribution >= 0.6 is 0 Å². The number of nitrogens with zero attached hydrogens (tertiary/aromatic N) is 4. The lowest BCUT2D eigenvalue weighted by atomic mass is 9.82. The Morgan fingerprint density at radius 3 is 2.42 bits per heavy atom. The molecular weight excluding hydrogens is 646 g/mol. The molecule has 16 nitrogen and oxygen atoms in total. The van der Waals surface area contributed by atoms with Gasteiger partial charge in [-0.25, -0.2) is 9.48 Å². The number of likely N-dealkylation sites (N-methyl/N-ethyl adjacent to an activating group) is 1. The van der Waals surface area contributed by atoms with Gasteiger partial charge >= 0.3 is 5.97 Å². The number of nitrogens with one attached hydrogen (secondary N) is 5. The smallest absolute Gasteiger partial charge is 0.326 e. The Bertz CT molecular complexity index is 1390. The van der Waals surface area contributed by atoms with E-state index in [1.54, 1.807) is 24.9 Å². The van der Waals surface area contributed by atoms with Crippen molar-refractivity contribution >= 4 is 35.5 Å². The molecule has 6 N–H and O–H groups in total. The van der Waals surface area contributed by atoms with Crippen molar-refractivity contribution in [2.24, 2.45) is 11.8 Å². The predicted molar refractivity (Wildman–Crippen MR) is 180 cm³/mol. The third kappa shape index (κ3) is 9.79. The number of carboxylic acid groups (broad SMARTS) is 1. The van der Waals surface area contributed by atoms with Gasteiger partial charge in [0, 0.05) is 38.0 Å². The van der Waals surface area contributed by atoms with E-state index in [1.165, 1.54) is 4.90 Å². The van der Waals surface area contributed by atoms with Gasteiger partial charge in [0.2, 0.25) is 29.5 Å². The summed E-state index contributed by atoms with van der Waals surface area (Å²) in [6.45, 7) is 1.37. The van der Waals surface area contributed by atoms with Crippen LogP contribution in [0.5, 0.6) is 0 Å². The zero-order valence-electron chi connectivity index (χ0n) is 29.2. The highest BCUT2D eigenvalue weighted by Crippen LogP contribution is 2.32. The number of fused-ring (bicyclic) bond motifs is 11. The van der Waals surface area contributed by atoms with Gasteiger partial charge < -0.3 is 36.6 Å². The summed E-state index contributed by atoms with van der Waals surface area (Å²) in [5, 5.41) is 32.6. The molecule has 5 amide bonds. The van der Waals surface area contributed by atoms with E-state index in [2.05, 4.69) is 36.9 Å². The van der Waals surface area contributed by atoms with Crippen LogP contribution in [-0.4, -0.2) is 111 Å². The minimum absolute atomic E-state index is 0.00346. The molecule has 0 aromatic carbocycles. The average molecular weight is 700 g/mol. The molecule has 6 rings (SSSR count). The van der Waals surface area contributed by atoms with Crippen LogP contribution < -0.4 is 26.6 Å². The molecule has 276 valence electrons. The zero-order chi connectivity index (χ0) is 35.8. The van der Waals surface area contributed by atoms with Gasteiger partial charge in [-0.3, -0.25) is 24.0 Å². The molecule has 5 atom stereocenters. The number of likely N-dealkylation sites (tertiary alicyclic amines) is 1. The number of aromatic nitrogens is 3. The molecule has 16 heteroatoms. The molecule has 3 aliphatic heterocycles. The minimum Gasteiger partial charge on any atom is -0.480 e. The van der Waals surface area contributed by atoms with Crippen molar-refractivity contribution in [2.45, 2.75) is 133 Å². The van der Waals surface area contributed by atoms with E-state index in [0.717, 1.165) is 57.8 Å². The van der Waals surface area contributed by atoms with Crippen LogP contribution in [0.4, 0.5) is 0 Å². The van der Waals surface area contributed by atoms with Crippen LogP contribution in [0.15, 0.2) is 6.20 Å². The third-order valence-electron chi connectivity index (χ3n) is 11.0. The average Bonchev–Trinajstić information content (AvgIpc) is 3.77. The first-order valence-corrected chi connectivity index (χ1v) is 18.3. The Morgan fingerprint density at radius 1 is 0.980 bits per heavy atom. The summed E-state index contributed by atoms with van der Waals surface area (Å²) in [5.41, 5.74) is 0.611. The maximum Gasteiger partial charge on any atom is 0.326 e. The Labute approximate surface area is 292 Å². The Morgan fingerprint density at radius 2 is 1.72 bits per heavy atom. The Balaban J connectivity index is 1.38. The van der Waals surface area contributed by atoms with Gasteiger partial charge in [0.1, 0.15) is 18.1 Å². The van der Waals surface area contributed by atoms with Gasteiger partial charge in [-0.1, -0.05) is 37.3 Å². The molecule has 6 bridgehead atoms. The number of hydrogen-bond acceptors (Lipinski definition) is 9. The lowest BCUT2D eigenvalue weighted by molar-refractivity contribution is -0.143. The van der Waals surface area contributed by atoms with Crippen LogP contribution in [0.2, 0.25) is 0 Å². The maximum absolute atomic E-state index is 14.4. The number of carbonyl (C=O) groups excluding carboxylic acids is 5. The van der Waals surface area contributed by atoms with Gasteiger partial charge in [-0.2, -0.15) is 0 Å². The van der Waals surface area contributed by atoms with Crippen LogP contribution in [0.1, 0.15) is 102 Å². The first kappa shape index (κ1) is 37.2. The van der Waals surface area contributed by atoms with Crippen LogP contribution in [0.3, 0.4) is 0 Å². The summed E-state index contributed by atoms with van der Waals surface area (Å²) < 4.78 is 1.62. The van der Waals surface area contributed by atoms with Crippen molar-refractivity contribution in [3.8, 4) is 0 Å². The topological polar surface area (TPSA) is 217 Å². The van der Waals surface area contributed by atoms with Crippen molar-refractivity contribution in [1.82, 2.24) is 46.5 Å². The second kappa shape index (κ2) is 17.2. The summed E-state index contributed by atoms with van der Waals surface area (Å²) in [5.74, 6) is -2.84. The van der Waals surface area contributed by atoms with Crippen LogP contribution in [0, 0.1) is 11.8 Å². The Hall–Kier alpha value is -4.08. The molecular formula is C34H53N9O7. The number of amides is 5. The van der Waals surface area contributed by atoms with Crippen LogP contribution in [0.25, 0.3) is 0 Å². The largest absolute Gasteiger partial charge is 0.480 e. The molecule has 1 aromatic heterocycles. The molecule has 0 unspecified atom stereocenters. The van der Waals surface area contributed by atoms with Crippen molar-refractivity contribution in [3.05, 3.63) is 11.9 Å². The summed E-state index contributed by atoms with van der Waals surface area (Å²) in [6, 6.07) is -3.91. The number of aliphatic carboxylic acids is 1. The number of carboxylic acids is 1. The van der Waals surface area contributed by atoms with E-state index in [9.17, 15) is 33.9 Å². The summed E-state index contributed by atoms with van der Waals surface area (Å²) in [6.07, 6.45) is 11.3. The van der Waals surface area contributed by atoms with Gasteiger partial charge in [0.25, 0.3) is 0 Å². The fourth-order valence-electron chi connectivity index (χ4n) is 7.88. The van der Waals surface area contributed by atoms with Gasteiger partial charge in [0.05, 0.1) is 24.3 Å². The van der Waals surface area contributed by atoms with E-state index in [-0.39, 0.29) is 61.4 Å². The molecule has 3 fully saturated rings. The predicted octanol–water partition coefficient (Wildman–Crippen LogP) is 0.180. The summed E-state index contributed by atoms with van der Waals surface area (Å²) >= 11 is 0. The first-order chi connectivity index (χ1) is 24.0. The highest BCUT2D eigenvalue weighted by Gasteiger charge is 2.44.